The van der Waals surface area contributed by atoms with Gasteiger partial charge in [0, 0.05) is 6.42 Å². The van der Waals surface area contributed by atoms with Crippen molar-refractivity contribution in [2.24, 2.45) is 5.10 Å². The normalized spacial score (nSPS) is 15.5. The molecule has 7 nitrogen and oxygen atoms in total. The van der Waals surface area contributed by atoms with Gasteiger partial charge in [0.15, 0.2) is 11.5 Å². The number of methoxy groups -OCH3 is 2. The van der Waals surface area contributed by atoms with Gasteiger partial charge in [-0.3, -0.25) is 5.01 Å². The molecule has 0 aliphatic carbocycles. The number of rotatable bonds is 5. The zero-order valence-electron chi connectivity index (χ0n) is 18.2. The van der Waals surface area contributed by atoms with Crippen LogP contribution in [0, 0.1) is 0 Å². The zero-order chi connectivity index (χ0) is 22.9. The molecule has 0 fully saturated rings. The van der Waals surface area contributed by atoms with Crippen LogP contribution in [0.2, 0.25) is 0 Å². The summed E-state index contributed by atoms with van der Waals surface area (Å²) in [5.74, 6) is 1.10. The third kappa shape index (κ3) is 3.57. The van der Waals surface area contributed by atoms with Crippen molar-refractivity contribution >= 4 is 22.4 Å². The molecule has 0 unspecified atom stereocenters. The van der Waals surface area contributed by atoms with Gasteiger partial charge in [0.1, 0.15) is 16.9 Å². The van der Waals surface area contributed by atoms with Crippen molar-refractivity contribution in [1.29, 1.82) is 0 Å². The third-order valence-electron chi connectivity index (χ3n) is 5.80. The van der Waals surface area contributed by atoms with Gasteiger partial charge in [-0.2, -0.15) is 5.10 Å². The summed E-state index contributed by atoms with van der Waals surface area (Å²) in [6.45, 7) is 0. The van der Waals surface area contributed by atoms with E-state index in [0.29, 0.717) is 34.6 Å². The molecule has 0 radical (unpaired) electrons. The molecule has 4 aromatic rings. The molecule has 0 bridgehead atoms. The molecule has 0 spiro atoms. The molecule has 1 atom stereocenters. The number of hydrogen-bond acceptors (Lipinski definition) is 7. The standard InChI is InChI=1S/C26H22N2O5/c1-31-22-13-12-16(14-23(22)32-2)20-15-19(27-28(20)17-8-4-3-5-9-17)24-25(29)18-10-6-7-11-21(18)33-26(24)30/h3-14,20,29H,15H2,1-2H3/t20-/m0/s1. The minimum absolute atomic E-state index is 0.0811. The summed E-state index contributed by atoms with van der Waals surface area (Å²) in [7, 11) is 3.18. The van der Waals surface area contributed by atoms with E-state index in [-0.39, 0.29) is 17.4 Å². The average molecular weight is 442 g/mol. The van der Waals surface area contributed by atoms with Gasteiger partial charge < -0.3 is 19.0 Å². The Labute approximate surface area is 190 Å². The van der Waals surface area contributed by atoms with E-state index in [0.717, 1.165) is 11.3 Å². The predicted molar refractivity (Wildman–Crippen MR) is 127 cm³/mol. The van der Waals surface area contributed by atoms with Crippen LogP contribution in [-0.4, -0.2) is 25.0 Å². The number of hydrazone groups is 1. The lowest BCUT2D eigenvalue weighted by Crippen LogP contribution is -2.18. The van der Waals surface area contributed by atoms with Crippen LogP contribution in [0.25, 0.3) is 11.0 Å². The molecule has 2 heterocycles. The second-order valence-electron chi connectivity index (χ2n) is 7.67. The largest absolute Gasteiger partial charge is 0.506 e. The summed E-state index contributed by atoms with van der Waals surface area (Å²) < 4.78 is 16.3. The van der Waals surface area contributed by atoms with Gasteiger partial charge in [0.25, 0.3) is 0 Å². The van der Waals surface area contributed by atoms with E-state index in [9.17, 15) is 9.90 Å². The molecule has 0 amide bonds. The smallest absolute Gasteiger partial charge is 0.349 e. The lowest BCUT2D eigenvalue weighted by atomic mass is 9.97. The summed E-state index contributed by atoms with van der Waals surface area (Å²) in [6, 6.07) is 22.0. The van der Waals surface area contributed by atoms with Gasteiger partial charge in [0.2, 0.25) is 0 Å². The van der Waals surface area contributed by atoms with Crippen LogP contribution in [0.3, 0.4) is 0 Å². The summed E-state index contributed by atoms with van der Waals surface area (Å²) in [5, 5.41) is 18.0. The van der Waals surface area contributed by atoms with Crippen molar-refractivity contribution in [3.63, 3.8) is 0 Å². The number of fused-ring (bicyclic) bond motifs is 1. The molecular formula is C26H22N2O5. The van der Waals surface area contributed by atoms with E-state index < -0.39 is 5.63 Å². The maximum absolute atomic E-state index is 12.8. The van der Waals surface area contributed by atoms with Crippen molar-refractivity contribution in [3.8, 4) is 17.2 Å². The number of benzene rings is 3. The fourth-order valence-corrected chi connectivity index (χ4v) is 4.19. The lowest BCUT2D eigenvalue weighted by Gasteiger charge is -2.24. The van der Waals surface area contributed by atoms with E-state index in [1.807, 2.05) is 53.5 Å². The van der Waals surface area contributed by atoms with Gasteiger partial charge >= 0.3 is 5.63 Å². The fraction of sp³-hybridized carbons (Fsp3) is 0.154. The Kier molecular flexibility index (Phi) is 5.22. The SMILES string of the molecule is COc1ccc([C@@H]2CC(c3c(O)c4ccccc4oc3=O)=NN2c2ccccc2)cc1OC. The Hall–Kier alpha value is -4.26. The lowest BCUT2D eigenvalue weighted by molar-refractivity contribution is 0.354. The van der Waals surface area contributed by atoms with Crippen LogP contribution in [0.5, 0.6) is 17.2 Å². The highest BCUT2D eigenvalue weighted by molar-refractivity contribution is 6.08. The van der Waals surface area contributed by atoms with Gasteiger partial charge in [-0.15, -0.1) is 0 Å². The molecule has 5 rings (SSSR count). The highest BCUT2D eigenvalue weighted by Crippen LogP contribution is 2.40. The average Bonchev–Trinajstić information content (AvgIpc) is 3.29. The topological polar surface area (TPSA) is 84.5 Å². The summed E-state index contributed by atoms with van der Waals surface area (Å²) in [6.07, 6.45) is 0.390. The Morgan fingerprint density at radius 3 is 2.45 bits per heavy atom. The van der Waals surface area contributed by atoms with Crippen LogP contribution < -0.4 is 20.1 Å². The molecule has 0 saturated heterocycles. The summed E-state index contributed by atoms with van der Waals surface area (Å²) >= 11 is 0. The monoisotopic (exact) mass is 442 g/mol. The second-order valence-corrected chi connectivity index (χ2v) is 7.67. The number of ether oxygens (including phenoxy) is 2. The van der Waals surface area contributed by atoms with Crippen molar-refractivity contribution in [3.05, 3.63) is 94.3 Å². The van der Waals surface area contributed by atoms with Crippen molar-refractivity contribution in [2.75, 3.05) is 19.2 Å². The zero-order valence-corrected chi connectivity index (χ0v) is 18.2. The molecule has 7 heteroatoms. The van der Waals surface area contributed by atoms with Crippen LogP contribution in [0.4, 0.5) is 5.69 Å². The minimum Gasteiger partial charge on any atom is -0.506 e. The quantitative estimate of drug-likeness (QED) is 0.444. The number of nitrogens with zero attached hydrogens (tertiary/aromatic N) is 2. The van der Waals surface area contributed by atoms with Crippen LogP contribution in [0.1, 0.15) is 23.6 Å². The predicted octanol–water partition coefficient (Wildman–Crippen LogP) is 4.87. The minimum atomic E-state index is -0.620. The molecule has 3 aromatic carbocycles. The molecule has 166 valence electrons. The highest BCUT2D eigenvalue weighted by Gasteiger charge is 2.33. The first kappa shape index (κ1) is 20.6. The van der Waals surface area contributed by atoms with Gasteiger partial charge in [-0.05, 0) is 42.0 Å². The maximum Gasteiger partial charge on any atom is 0.349 e. The van der Waals surface area contributed by atoms with E-state index in [1.54, 1.807) is 38.5 Å². The Balaban J connectivity index is 1.64. The number of aromatic hydroxyl groups is 1. The molecule has 1 aromatic heterocycles. The van der Waals surface area contributed by atoms with E-state index in [4.69, 9.17) is 19.0 Å². The van der Waals surface area contributed by atoms with Gasteiger partial charge in [-0.1, -0.05) is 36.4 Å². The molecular weight excluding hydrogens is 420 g/mol. The third-order valence-corrected chi connectivity index (χ3v) is 5.80. The summed E-state index contributed by atoms with van der Waals surface area (Å²) in [5.41, 5.74) is 2.04. The van der Waals surface area contributed by atoms with Crippen molar-refractivity contribution in [2.45, 2.75) is 12.5 Å². The van der Waals surface area contributed by atoms with Crippen molar-refractivity contribution < 1.29 is 19.0 Å². The van der Waals surface area contributed by atoms with E-state index >= 15 is 0 Å². The van der Waals surface area contributed by atoms with Crippen LogP contribution in [0.15, 0.2) is 87.1 Å². The molecule has 33 heavy (non-hydrogen) atoms. The Morgan fingerprint density at radius 1 is 0.970 bits per heavy atom. The first-order chi connectivity index (χ1) is 16.1. The van der Waals surface area contributed by atoms with E-state index in [2.05, 4.69) is 0 Å². The van der Waals surface area contributed by atoms with E-state index in [1.165, 1.54) is 0 Å². The first-order valence-corrected chi connectivity index (χ1v) is 10.5. The van der Waals surface area contributed by atoms with Crippen molar-refractivity contribution in [1.82, 2.24) is 0 Å². The maximum atomic E-state index is 12.8. The highest BCUT2D eigenvalue weighted by atomic mass is 16.5. The molecule has 1 N–H and O–H groups in total. The second kappa shape index (κ2) is 8.35. The first-order valence-electron chi connectivity index (χ1n) is 10.5. The number of para-hydroxylation sites is 2. The molecule has 0 saturated carbocycles. The van der Waals surface area contributed by atoms with Gasteiger partial charge in [-0.25, -0.2) is 4.79 Å². The number of anilines is 1. The van der Waals surface area contributed by atoms with Crippen LogP contribution >= 0.6 is 0 Å². The Morgan fingerprint density at radius 2 is 1.70 bits per heavy atom. The Bertz CT molecular complexity index is 1410. The summed E-state index contributed by atoms with van der Waals surface area (Å²) in [4.78, 5) is 12.8. The molecule has 1 aliphatic rings. The van der Waals surface area contributed by atoms with Gasteiger partial charge in [0.05, 0.1) is 37.0 Å². The van der Waals surface area contributed by atoms with Crippen LogP contribution in [-0.2, 0) is 0 Å². The number of hydrogen-bond donors (Lipinski definition) is 1. The molecule has 1 aliphatic heterocycles. The fourth-order valence-electron chi connectivity index (χ4n) is 4.19.